The Kier molecular flexibility index (Phi) is 8.42. The summed E-state index contributed by atoms with van der Waals surface area (Å²) < 4.78 is 0. The number of guanidine groups is 1. The van der Waals surface area contributed by atoms with Gasteiger partial charge in [-0.15, -0.1) is 0 Å². The van der Waals surface area contributed by atoms with E-state index in [1.54, 1.807) is 7.05 Å². The Bertz CT molecular complexity index is 381. The Labute approximate surface area is 142 Å². The van der Waals surface area contributed by atoms with Crippen LogP contribution in [0.15, 0.2) is 4.99 Å². The second kappa shape index (κ2) is 9.78. The van der Waals surface area contributed by atoms with Crippen LogP contribution in [0.5, 0.6) is 0 Å². The minimum absolute atomic E-state index is 0.0576. The Balaban J connectivity index is 2.26. The van der Waals surface area contributed by atoms with E-state index in [0.717, 1.165) is 25.7 Å². The molecule has 3 N–H and O–H groups in total. The minimum atomic E-state index is 0.0576. The standard InChI is InChI=1S/C18H36N4O/c1-14(11-12-18(2,3)4)21-17(19-5)20-13-16(23)22-15-9-7-6-8-10-15/h14-15H,6-13H2,1-5H3,(H,22,23)(H2,19,20,21). The van der Waals surface area contributed by atoms with Gasteiger partial charge in [-0.2, -0.15) is 0 Å². The van der Waals surface area contributed by atoms with E-state index >= 15 is 0 Å². The van der Waals surface area contributed by atoms with Gasteiger partial charge >= 0.3 is 0 Å². The summed E-state index contributed by atoms with van der Waals surface area (Å²) in [7, 11) is 1.74. The topological polar surface area (TPSA) is 65.5 Å². The molecule has 1 saturated carbocycles. The van der Waals surface area contributed by atoms with Gasteiger partial charge < -0.3 is 16.0 Å². The SMILES string of the molecule is CN=C(NCC(=O)NC1CCCCC1)NC(C)CCC(C)(C)C. The highest BCUT2D eigenvalue weighted by molar-refractivity contribution is 5.86. The predicted molar refractivity (Wildman–Crippen MR) is 97.7 cm³/mol. The molecule has 0 aliphatic heterocycles. The first-order chi connectivity index (χ1) is 10.8. The van der Waals surface area contributed by atoms with Gasteiger partial charge in [-0.25, -0.2) is 0 Å². The molecule has 23 heavy (non-hydrogen) atoms. The molecule has 0 aromatic carbocycles. The van der Waals surface area contributed by atoms with Crippen molar-refractivity contribution in [2.45, 2.75) is 84.7 Å². The second-order valence-electron chi connectivity index (χ2n) is 7.97. The molecular formula is C18H36N4O. The molecule has 1 atom stereocenters. The summed E-state index contributed by atoms with van der Waals surface area (Å²) in [6.07, 6.45) is 8.22. The molecule has 1 aliphatic rings. The lowest BCUT2D eigenvalue weighted by atomic mass is 9.89. The van der Waals surface area contributed by atoms with Crippen LogP contribution in [0.4, 0.5) is 0 Å². The van der Waals surface area contributed by atoms with Crippen molar-refractivity contribution in [1.29, 1.82) is 0 Å². The minimum Gasteiger partial charge on any atom is -0.354 e. The third kappa shape index (κ3) is 9.47. The van der Waals surface area contributed by atoms with Gasteiger partial charge in [0.1, 0.15) is 0 Å². The molecule has 0 spiro atoms. The van der Waals surface area contributed by atoms with Crippen LogP contribution in [0.25, 0.3) is 0 Å². The normalized spacial score (nSPS) is 18.4. The quantitative estimate of drug-likeness (QED) is 0.520. The lowest BCUT2D eigenvalue weighted by molar-refractivity contribution is -0.120. The van der Waals surface area contributed by atoms with Crippen molar-refractivity contribution in [3.63, 3.8) is 0 Å². The average Bonchev–Trinajstić information content (AvgIpc) is 2.49. The van der Waals surface area contributed by atoms with Crippen LogP contribution in [0.3, 0.4) is 0 Å². The number of nitrogens with zero attached hydrogens (tertiary/aromatic N) is 1. The number of carbonyl (C=O) groups excluding carboxylic acids is 1. The summed E-state index contributed by atoms with van der Waals surface area (Å²) in [6.45, 7) is 9.19. The number of aliphatic imine (C=N–C) groups is 1. The summed E-state index contributed by atoms with van der Waals surface area (Å²) in [6, 6.07) is 0.695. The van der Waals surface area contributed by atoms with E-state index in [9.17, 15) is 4.79 Å². The predicted octanol–water partition coefficient (Wildman–Crippen LogP) is 2.82. The summed E-state index contributed by atoms with van der Waals surface area (Å²) in [5, 5.41) is 9.58. The van der Waals surface area contributed by atoms with E-state index < -0.39 is 0 Å². The second-order valence-corrected chi connectivity index (χ2v) is 7.97. The molecule has 0 heterocycles. The third-order valence-electron chi connectivity index (χ3n) is 4.32. The van der Waals surface area contributed by atoms with Crippen LogP contribution in [0, 0.1) is 5.41 Å². The molecule has 0 radical (unpaired) electrons. The summed E-state index contributed by atoms with van der Waals surface area (Å²) in [5.74, 6) is 0.757. The van der Waals surface area contributed by atoms with Gasteiger partial charge in [0.25, 0.3) is 0 Å². The zero-order valence-corrected chi connectivity index (χ0v) is 15.7. The molecule has 0 saturated heterocycles. The van der Waals surface area contributed by atoms with Gasteiger partial charge in [-0.3, -0.25) is 9.79 Å². The van der Waals surface area contributed by atoms with Crippen molar-refractivity contribution in [3.8, 4) is 0 Å². The lowest BCUT2D eigenvalue weighted by Crippen LogP contribution is -2.48. The molecule has 0 aromatic rings. The molecule has 0 bridgehead atoms. The first-order valence-electron chi connectivity index (χ1n) is 9.07. The first-order valence-corrected chi connectivity index (χ1v) is 9.07. The van der Waals surface area contributed by atoms with Gasteiger partial charge in [0.15, 0.2) is 5.96 Å². The molecule has 1 aliphatic carbocycles. The van der Waals surface area contributed by atoms with E-state index in [1.165, 1.54) is 19.3 Å². The van der Waals surface area contributed by atoms with E-state index in [1.807, 2.05) is 0 Å². The van der Waals surface area contributed by atoms with Crippen LogP contribution in [0.1, 0.15) is 72.6 Å². The first kappa shape index (κ1) is 19.8. The molecule has 1 rings (SSSR count). The molecule has 134 valence electrons. The van der Waals surface area contributed by atoms with Crippen molar-refractivity contribution < 1.29 is 4.79 Å². The molecule has 1 unspecified atom stereocenters. The Hall–Kier alpha value is -1.26. The average molecular weight is 325 g/mol. The zero-order valence-electron chi connectivity index (χ0n) is 15.7. The van der Waals surface area contributed by atoms with Crippen molar-refractivity contribution in [3.05, 3.63) is 0 Å². The Morgan fingerprint density at radius 2 is 1.87 bits per heavy atom. The lowest BCUT2D eigenvalue weighted by Gasteiger charge is -2.24. The van der Waals surface area contributed by atoms with Gasteiger partial charge in [-0.05, 0) is 38.0 Å². The number of nitrogens with one attached hydrogen (secondary N) is 3. The fourth-order valence-electron chi connectivity index (χ4n) is 2.84. The fourth-order valence-corrected chi connectivity index (χ4v) is 2.84. The number of amides is 1. The molecule has 5 nitrogen and oxygen atoms in total. The van der Waals surface area contributed by atoms with Gasteiger partial charge in [0.05, 0.1) is 6.54 Å². The third-order valence-corrected chi connectivity index (χ3v) is 4.32. The Morgan fingerprint density at radius 1 is 1.22 bits per heavy atom. The van der Waals surface area contributed by atoms with E-state index in [0.29, 0.717) is 23.5 Å². The van der Waals surface area contributed by atoms with Crippen LogP contribution < -0.4 is 16.0 Å². The molecule has 1 amide bonds. The van der Waals surface area contributed by atoms with Crippen molar-refractivity contribution in [2.24, 2.45) is 10.4 Å². The number of rotatable bonds is 6. The van der Waals surface area contributed by atoms with E-state index in [2.05, 4.69) is 48.6 Å². The van der Waals surface area contributed by atoms with Gasteiger partial charge in [0.2, 0.25) is 5.91 Å². The maximum absolute atomic E-state index is 12.0. The number of hydrogen-bond acceptors (Lipinski definition) is 2. The smallest absolute Gasteiger partial charge is 0.239 e. The van der Waals surface area contributed by atoms with Crippen LogP contribution >= 0.6 is 0 Å². The maximum Gasteiger partial charge on any atom is 0.239 e. The van der Waals surface area contributed by atoms with Crippen molar-refractivity contribution in [2.75, 3.05) is 13.6 Å². The summed E-state index contributed by atoms with van der Waals surface area (Å²) >= 11 is 0. The van der Waals surface area contributed by atoms with Crippen molar-refractivity contribution >= 4 is 11.9 Å². The summed E-state index contributed by atoms with van der Waals surface area (Å²) in [5.41, 5.74) is 0.340. The fraction of sp³-hybridized carbons (Fsp3) is 0.889. The largest absolute Gasteiger partial charge is 0.354 e. The Morgan fingerprint density at radius 3 is 2.43 bits per heavy atom. The van der Waals surface area contributed by atoms with Crippen molar-refractivity contribution in [1.82, 2.24) is 16.0 Å². The van der Waals surface area contributed by atoms with E-state index in [4.69, 9.17) is 0 Å². The highest BCUT2D eigenvalue weighted by Crippen LogP contribution is 2.21. The van der Waals surface area contributed by atoms with Gasteiger partial charge in [0, 0.05) is 19.1 Å². The molecule has 1 fully saturated rings. The molecule has 0 aromatic heterocycles. The molecular weight excluding hydrogens is 288 g/mol. The van der Waals surface area contributed by atoms with Gasteiger partial charge in [-0.1, -0.05) is 40.0 Å². The summed E-state index contributed by atoms with van der Waals surface area (Å²) in [4.78, 5) is 16.2. The zero-order chi connectivity index (χ0) is 17.3. The highest BCUT2D eigenvalue weighted by atomic mass is 16.2. The monoisotopic (exact) mass is 324 g/mol. The number of carbonyl (C=O) groups is 1. The maximum atomic E-state index is 12.0. The molecule has 5 heteroatoms. The number of hydrogen-bond donors (Lipinski definition) is 3. The van der Waals surface area contributed by atoms with Crippen LogP contribution in [-0.4, -0.2) is 37.5 Å². The highest BCUT2D eigenvalue weighted by Gasteiger charge is 2.16. The van der Waals surface area contributed by atoms with Crippen LogP contribution in [-0.2, 0) is 4.79 Å². The van der Waals surface area contributed by atoms with Crippen LogP contribution in [0.2, 0.25) is 0 Å². The van der Waals surface area contributed by atoms with E-state index in [-0.39, 0.29) is 12.5 Å².